The fraction of sp³-hybridized carbons (Fsp3) is 0.545. The van der Waals surface area contributed by atoms with Gasteiger partial charge in [-0.05, 0) is 38.2 Å². The van der Waals surface area contributed by atoms with Gasteiger partial charge in [0, 0.05) is 0 Å². The van der Waals surface area contributed by atoms with E-state index in [4.69, 9.17) is 5.73 Å². The number of aliphatic hydroxyl groups excluding tert-OH is 1. The van der Waals surface area contributed by atoms with Gasteiger partial charge in [0.05, 0.1) is 12.1 Å². The number of nitrogens with two attached hydrogens (primary N) is 1. The quantitative estimate of drug-likeness (QED) is 0.250. The van der Waals surface area contributed by atoms with Crippen LogP contribution in [0.5, 0.6) is 0 Å². The minimum absolute atomic E-state index is 0.0382. The van der Waals surface area contributed by atoms with Gasteiger partial charge in [0.25, 0.3) is 0 Å². The molecule has 0 heterocycles. The van der Waals surface area contributed by atoms with E-state index >= 15 is 0 Å². The van der Waals surface area contributed by atoms with Crippen LogP contribution in [0.2, 0.25) is 0 Å². The van der Waals surface area contributed by atoms with Gasteiger partial charge in [-0.1, -0.05) is 44.2 Å². The summed E-state index contributed by atoms with van der Waals surface area (Å²) in [7, 11) is 0. The molecule has 0 aliphatic rings. The Morgan fingerprint density at radius 1 is 0.906 bits per heavy atom. The number of hydrogen-bond acceptors (Lipinski definition) is 6. The predicted molar refractivity (Wildman–Crippen MR) is 118 cm³/mol. The largest absolute Gasteiger partial charge is 0.480 e. The predicted octanol–water partition coefficient (Wildman–Crippen LogP) is -0.458. The van der Waals surface area contributed by atoms with Crippen LogP contribution in [0, 0.1) is 5.92 Å². The minimum Gasteiger partial charge on any atom is -0.480 e. The van der Waals surface area contributed by atoms with Crippen molar-refractivity contribution in [1.82, 2.24) is 16.0 Å². The SMILES string of the molecule is CC(C)CC(NC(=O)C(C)NC(=O)C(NC(=O)C(N)Cc1ccccc1)C(C)O)C(=O)O. The molecule has 0 aliphatic carbocycles. The molecule has 0 radical (unpaired) electrons. The lowest BCUT2D eigenvalue weighted by Crippen LogP contribution is -2.59. The first-order valence-corrected chi connectivity index (χ1v) is 10.5. The highest BCUT2D eigenvalue weighted by Crippen LogP contribution is 2.06. The summed E-state index contributed by atoms with van der Waals surface area (Å²) in [4.78, 5) is 48.7. The average Bonchev–Trinajstić information content (AvgIpc) is 2.70. The van der Waals surface area contributed by atoms with Crippen molar-refractivity contribution in [1.29, 1.82) is 0 Å². The first kappa shape index (κ1) is 27.1. The molecule has 7 N–H and O–H groups in total. The highest BCUT2D eigenvalue weighted by atomic mass is 16.4. The summed E-state index contributed by atoms with van der Waals surface area (Å²) in [5, 5.41) is 26.4. The number of amides is 3. The van der Waals surface area contributed by atoms with Gasteiger partial charge in [0.2, 0.25) is 17.7 Å². The summed E-state index contributed by atoms with van der Waals surface area (Å²) in [5.74, 6) is -3.25. The number of aliphatic carboxylic acids is 1. The standard InChI is InChI=1S/C22H34N4O6/c1-12(2)10-17(22(31)32)25-19(28)13(3)24-21(30)18(14(4)27)26-20(29)16(23)11-15-8-6-5-7-9-15/h5-9,12-14,16-18,27H,10-11,23H2,1-4H3,(H,24,30)(H,25,28)(H,26,29)(H,31,32). The molecule has 0 aromatic heterocycles. The Morgan fingerprint density at radius 2 is 1.50 bits per heavy atom. The Kier molecular flexibility index (Phi) is 10.8. The van der Waals surface area contributed by atoms with Crippen LogP contribution in [-0.4, -0.2) is 64.2 Å². The van der Waals surface area contributed by atoms with Crippen LogP contribution in [-0.2, 0) is 25.6 Å². The van der Waals surface area contributed by atoms with Crippen LogP contribution < -0.4 is 21.7 Å². The van der Waals surface area contributed by atoms with Crippen molar-refractivity contribution in [3.8, 4) is 0 Å². The zero-order valence-corrected chi connectivity index (χ0v) is 18.9. The first-order chi connectivity index (χ1) is 14.9. The number of benzene rings is 1. The maximum Gasteiger partial charge on any atom is 0.326 e. The van der Waals surface area contributed by atoms with E-state index in [1.165, 1.54) is 13.8 Å². The average molecular weight is 451 g/mol. The molecule has 10 heteroatoms. The number of carbonyl (C=O) groups excluding carboxylic acids is 3. The van der Waals surface area contributed by atoms with E-state index in [1.807, 2.05) is 44.2 Å². The third-order valence-electron chi connectivity index (χ3n) is 4.77. The van der Waals surface area contributed by atoms with E-state index in [0.29, 0.717) is 0 Å². The van der Waals surface area contributed by atoms with Crippen LogP contribution in [0.25, 0.3) is 0 Å². The molecule has 5 atom stereocenters. The summed E-state index contributed by atoms with van der Waals surface area (Å²) >= 11 is 0. The van der Waals surface area contributed by atoms with Crippen LogP contribution in [0.4, 0.5) is 0 Å². The Balaban J connectivity index is 2.71. The maximum atomic E-state index is 12.6. The second kappa shape index (κ2) is 12.8. The molecule has 0 bridgehead atoms. The van der Waals surface area contributed by atoms with Gasteiger partial charge in [0.15, 0.2) is 0 Å². The molecule has 3 amide bonds. The molecule has 5 unspecified atom stereocenters. The topological polar surface area (TPSA) is 171 Å². The van der Waals surface area contributed by atoms with Crippen molar-refractivity contribution in [2.24, 2.45) is 11.7 Å². The van der Waals surface area contributed by atoms with Gasteiger partial charge in [-0.25, -0.2) is 4.79 Å². The van der Waals surface area contributed by atoms with Crippen molar-refractivity contribution in [3.05, 3.63) is 35.9 Å². The van der Waals surface area contributed by atoms with E-state index in [9.17, 15) is 29.4 Å². The summed E-state index contributed by atoms with van der Waals surface area (Å²) in [6, 6.07) is 4.62. The third-order valence-corrected chi connectivity index (χ3v) is 4.77. The van der Waals surface area contributed by atoms with Gasteiger partial charge in [-0.2, -0.15) is 0 Å². The number of carbonyl (C=O) groups is 4. The number of aliphatic hydroxyl groups is 1. The second-order valence-electron chi connectivity index (χ2n) is 8.28. The molecule has 0 spiro atoms. The van der Waals surface area contributed by atoms with E-state index in [1.54, 1.807) is 0 Å². The molecule has 1 rings (SSSR count). The molecule has 0 fully saturated rings. The van der Waals surface area contributed by atoms with Gasteiger partial charge >= 0.3 is 5.97 Å². The Bertz CT molecular complexity index is 784. The van der Waals surface area contributed by atoms with Crippen molar-refractivity contribution in [2.45, 2.75) is 70.8 Å². The van der Waals surface area contributed by atoms with Crippen molar-refractivity contribution in [2.75, 3.05) is 0 Å². The fourth-order valence-corrected chi connectivity index (χ4v) is 2.98. The van der Waals surface area contributed by atoms with Crippen LogP contribution in [0.3, 0.4) is 0 Å². The number of carboxylic acids is 1. The molecule has 178 valence electrons. The lowest BCUT2D eigenvalue weighted by Gasteiger charge is -2.25. The van der Waals surface area contributed by atoms with Gasteiger partial charge in [-0.15, -0.1) is 0 Å². The van der Waals surface area contributed by atoms with Crippen molar-refractivity contribution < 1.29 is 29.4 Å². The van der Waals surface area contributed by atoms with Crippen LogP contribution in [0.15, 0.2) is 30.3 Å². The summed E-state index contributed by atoms with van der Waals surface area (Å²) < 4.78 is 0. The number of nitrogens with one attached hydrogen (secondary N) is 3. The highest BCUT2D eigenvalue weighted by Gasteiger charge is 2.31. The monoisotopic (exact) mass is 450 g/mol. The van der Waals surface area contributed by atoms with Crippen LogP contribution in [0.1, 0.15) is 39.7 Å². The molecule has 0 saturated carbocycles. The molecule has 1 aromatic rings. The zero-order valence-electron chi connectivity index (χ0n) is 18.9. The van der Waals surface area contributed by atoms with Crippen LogP contribution >= 0.6 is 0 Å². The minimum atomic E-state index is -1.34. The van der Waals surface area contributed by atoms with Gasteiger partial charge in [0.1, 0.15) is 18.1 Å². The third kappa shape index (κ3) is 9.03. The number of rotatable bonds is 12. The smallest absolute Gasteiger partial charge is 0.326 e. The van der Waals surface area contributed by atoms with Gasteiger partial charge < -0.3 is 31.9 Å². The van der Waals surface area contributed by atoms with Crippen molar-refractivity contribution in [3.63, 3.8) is 0 Å². The molecular formula is C22H34N4O6. The van der Waals surface area contributed by atoms with Crippen molar-refractivity contribution >= 4 is 23.7 Å². The van der Waals surface area contributed by atoms with E-state index < -0.39 is 54.0 Å². The lowest BCUT2D eigenvalue weighted by molar-refractivity contribution is -0.142. The normalized spacial score (nSPS) is 15.7. The zero-order chi connectivity index (χ0) is 24.4. The molecule has 0 saturated heterocycles. The summed E-state index contributed by atoms with van der Waals surface area (Å²) in [5.41, 5.74) is 6.77. The Hall–Kier alpha value is -2.98. The fourth-order valence-electron chi connectivity index (χ4n) is 2.98. The van der Waals surface area contributed by atoms with E-state index in [-0.39, 0.29) is 18.8 Å². The second-order valence-corrected chi connectivity index (χ2v) is 8.28. The molecule has 32 heavy (non-hydrogen) atoms. The molecule has 10 nitrogen and oxygen atoms in total. The first-order valence-electron chi connectivity index (χ1n) is 10.5. The highest BCUT2D eigenvalue weighted by molar-refractivity contribution is 5.94. The summed E-state index contributed by atoms with van der Waals surface area (Å²) in [6.45, 7) is 6.35. The number of carboxylic acid groups (broad SMARTS) is 1. The molecule has 1 aromatic carbocycles. The van der Waals surface area contributed by atoms with Gasteiger partial charge in [-0.3, -0.25) is 14.4 Å². The summed E-state index contributed by atoms with van der Waals surface area (Å²) in [6.07, 6.45) is -0.787. The molecule has 0 aliphatic heterocycles. The van der Waals surface area contributed by atoms with E-state index in [0.717, 1.165) is 5.56 Å². The van der Waals surface area contributed by atoms with E-state index in [2.05, 4.69) is 16.0 Å². The Labute approximate surface area is 187 Å². The maximum absolute atomic E-state index is 12.6. The number of hydrogen-bond donors (Lipinski definition) is 6. The molecular weight excluding hydrogens is 416 g/mol. The Morgan fingerprint density at radius 3 is 2.00 bits per heavy atom. The lowest BCUT2D eigenvalue weighted by atomic mass is 10.0.